The molecule has 0 aromatic carbocycles. The Morgan fingerprint density at radius 2 is 2.27 bits per heavy atom. The number of nitrogens with one attached hydrogen (secondary N) is 1. The van der Waals surface area contributed by atoms with Gasteiger partial charge in [-0.05, 0) is 13.8 Å². The predicted molar refractivity (Wildman–Crippen MR) is 46.3 cm³/mol. The molecule has 0 heterocycles. The van der Waals surface area contributed by atoms with Crippen LogP contribution in [-0.2, 0) is 4.79 Å². The largest absolute Gasteiger partial charge is 0.381 e. The molecule has 0 rings (SSSR count). The maximum atomic E-state index is 10.7. The summed E-state index contributed by atoms with van der Waals surface area (Å²) in [6.45, 7) is 3.21. The Morgan fingerprint density at radius 3 is 2.36 bits per heavy atom. The Hall–Kier alpha value is -0.260. The normalized spacial score (nSPS) is 14.5. The third kappa shape index (κ3) is 3.60. The lowest BCUT2D eigenvalue weighted by Crippen LogP contribution is -2.52. The minimum absolute atomic E-state index is 0.280. The second-order valence-electron chi connectivity index (χ2n) is 2.85. The molecule has 5 heteroatoms. The van der Waals surface area contributed by atoms with Crippen LogP contribution < -0.4 is 11.1 Å². The maximum Gasteiger partial charge on any atom is 0.236 e. The Labute approximate surface area is 71.6 Å². The van der Waals surface area contributed by atoms with Crippen LogP contribution >= 0.6 is 12.6 Å². The molecular weight excluding hydrogens is 164 g/mol. The van der Waals surface area contributed by atoms with Gasteiger partial charge in [-0.1, -0.05) is 0 Å². The highest BCUT2D eigenvalue weighted by atomic mass is 32.1. The van der Waals surface area contributed by atoms with Crippen molar-refractivity contribution in [1.82, 2.24) is 5.32 Å². The molecule has 0 aliphatic rings. The van der Waals surface area contributed by atoms with Crippen LogP contribution in [0.25, 0.3) is 0 Å². The van der Waals surface area contributed by atoms with Crippen molar-refractivity contribution < 1.29 is 9.90 Å². The van der Waals surface area contributed by atoms with Crippen molar-refractivity contribution in [3.05, 3.63) is 0 Å². The Morgan fingerprint density at radius 1 is 1.82 bits per heavy atom. The Kier molecular flexibility index (Phi) is 3.85. The number of carbonyl (C=O) groups is 1. The molecule has 0 saturated heterocycles. The van der Waals surface area contributed by atoms with E-state index in [-0.39, 0.29) is 6.73 Å². The first-order chi connectivity index (χ1) is 4.89. The van der Waals surface area contributed by atoms with Crippen LogP contribution in [-0.4, -0.2) is 28.5 Å². The van der Waals surface area contributed by atoms with E-state index in [1.807, 2.05) is 0 Å². The number of hydrogen-bond acceptors (Lipinski definition) is 4. The molecule has 0 aromatic rings. The third-order valence-corrected chi connectivity index (χ3v) is 1.54. The van der Waals surface area contributed by atoms with Gasteiger partial charge in [-0.15, -0.1) is 0 Å². The summed E-state index contributed by atoms with van der Waals surface area (Å²) in [5.74, 6) is -0.515. The zero-order valence-corrected chi connectivity index (χ0v) is 7.56. The summed E-state index contributed by atoms with van der Waals surface area (Å²) in [4.78, 5) is 10.7. The van der Waals surface area contributed by atoms with Crippen LogP contribution in [0.2, 0.25) is 0 Å². The average Bonchev–Trinajstić information content (AvgIpc) is 1.79. The molecule has 0 aliphatic heterocycles. The Balaban J connectivity index is 4.22. The Bertz CT molecular complexity index is 144. The summed E-state index contributed by atoms with van der Waals surface area (Å²) in [7, 11) is 0. The topological polar surface area (TPSA) is 75.3 Å². The molecule has 0 spiro atoms. The van der Waals surface area contributed by atoms with E-state index in [1.165, 1.54) is 0 Å². The molecule has 0 unspecified atom stereocenters. The van der Waals surface area contributed by atoms with Crippen molar-refractivity contribution in [3.8, 4) is 0 Å². The number of primary amides is 1. The second-order valence-corrected chi connectivity index (χ2v) is 4.00. The van der Waals surface area contributed by atoms with Gasteiger partial charge < -0.3 is 10.8 Å². The van der Waals surface area contributed by atoms with Gasteiger partial charge in [-0.3, -0.25) is 10.1 Å². The molecule has 0 saturated carbocycles. The van der Waals surface area contributed by atoms with E-state index in [2.05, 4.69) is 17.9 Å². The quantitative estimate of drug-likeness (QED) is 0.332. The van der Waals surface area contributed by atoms with Crippen molar-refractivity contribution in [2.45, 2.75) is 24.6 Å². The van der Waals surface area contributed by atoms with E-state index >= 15 is 0 Å². The highest BCUT2D eigenvalue weighted by Gasteiger charge is 2.29. The number of amides is 1. The number of rotatable bonds is 4. The van der Waals surface area contributed by atoms with Crippen LogP contribution in [0.4, 0.5) is 0 Å². The van der Waals surface area contributed by atoms with E-state index in [0.717, 1.165) is 0 Å². The third-order valence-electron chi connectivity index (χ3n) is 1.29. The van der Waals surface area contributed by atoms with Crippen molar-refractivity contribution in [3.63, 3.8) is 0 Å². The van der Waals surface area contributed by atoms with Crippen molar-refractivity contribution in [1.29, 1.82) is 0 Å². The van der Waals surface area contributed by atoms with Gasteiger partial charge in [0.15, 0.2) is 0 Å². The van der Waals surface area contributed by atoms with Crippen LogP contribution in [0, 0.1) is 0 Å². The van der Waals surface area contributed by atoms with E-state index in [0.29, 0.717) is 0 Å². The van der Waals surface area contributed by atoms with Gasteiger partial charge in [0.2, 0.25) is 5.91 Å². The number of aliphatic hydroxyl groups excluding tert-OH is 1. The zero-order valence-electron chi connectivity index (χ0n) is 6.66. The van der Waals surface area contributed by atoms with Gasteiger partial charge >= 0.3 is 0 Å². The predicted octanol–water partition coefficient (Wildman–Crippen LogP) is -0.912. The lowest BCUT2D eigenvalue weighted by Gasteiger charge is -2.26. The van der Waals surface area contributed by atoms with Crippen LogP contribution in [0.3, 0.4) is 0 Å². The first kappa shape index (κ1) is 10.7. The molecule has 66 valence electrons. The van der Waals surface area contributed by atoms with E-state index in [9.17, 15) is 4.79 Å². The zero-order chi connectivity index (χ0) is 9.07. The van der Waals surface area contributed by atoms with Gasteiger partial charge in [-0.25, -0.2) is 0 Å². The van der Waals surface area contributed by atoms with Gasteiger partial charge in [0, 0.05) is 4.75 Å². The molecule has 0 aliphatic carbocycles. The fourth-order valence-electron chi connectivity index (χ4n) is 0.790. The number of carbonyl (C=O) groups excluding carboxylic acids is 1. The fourth-order valence-corrected chi connectivity index (χ4v) is 1.01. The maximum absolute atomic E-state index is 10.7. The smallest absolute Gasteiger partial charge is 0.236 e. The molecule has 1 atom stereocenters. The lowest BCUT2D eigenvalue weighted by molar-refractivity contribution is -0.120. The van der Waals surface area contributed by atoms with Gasteiger partial charge in [-0.2, -0.15) is 12.6 Å². The fraction of sp³-hybridized carbons (Fsp3) is 0.833. The summed E-state index contributed by atoms with van der Waals surface area (Å²) in [6, 6.07) is -0.615. The summed E-state index contributed by atoms with van der Waals surface area (Å²) >= 11 is 4.15. The molecule has 4 N–H and O–H groups in total. The summed E-state index contributed by atoms with van der Waals surface area (Å²) in [5, 5.41) is 11.0. The van der Waals surface area contributed by atoms with E-state index in [4.69, 9.17) is 10.8 Å². The average molecular weight is 178 g/mol. The minimum Gasteiger partial charge on any atom is -0.381 e. The van der Waals surface area contributed by atoms with Gasteiger partial charge in [0.1, 0.15) is 6.04 Å². The second kappa shape index (κ2) is 3.94. The van der Waals surface area contributed by atoms with E-state index < -0.39 is 16.7 Å². The summed E-state index contributed by atoms with van der Waals surface area (Å²) in [6.07, 6.45) is 0. The first-order valence-corrected chi connectivity index (χ1v) is 3.70. The van der Waals surface area contributed by atoms with Crippen LogP contribution in [0.5, 0.6) is 0 Å². The summed E-state index contributed by atoms with van der Waals surface area (Å²) < 4.78 is -0.561. The first-order valence-electron chi connectivity index (χ1n) is 3.25. The lowest BCUT2D eigenvalue weighted by atomic mass is 10.0. The van der Waals surface area contributed by atoms with Crippen LogP contribution in [0.1, 0.15) is 13.8 Å². The number of hydrogen-bond donors (Lipinski definition) is 4. The highest BCUT2D eigenvalue weighted by molar-refractivity contribution is 7.81. The van der Waals surface area contributed by atoms with E-state index in [1.54, 1.807) is 13.8 Å². The molecule has 4 nitrogen and oxygen atoms in total. The van der Waals surface area contributed by atoms with Gasteiger partial charge in [0.25, 0.3) is 0 Å². The molecule has 11 heavy (non-hydrogen) atoms. The van der Waals surface area contributed by atoms with Crippen molar-refractivity contribution in [2.75, 3.05) is 6.73 Å². The number of thiol groups is 1. The minimum atomic E-state index is -0.615. The highest BCUT2D eigenvalue weighted by Crippen LogP contribution is 2.16. The van der Waals surface area contributed by atoms with Crippen molar-refractivity contribution in [2.24, 2.45) is 5.73 Å². The van der Waals surface area contributed by atoms with Crippen LogP contribution in [0.15, 0.2) is 0 Å². The van der Waals surface area contributed by atoms with Gasteiger partial charge in [0.05, 0.1) is 6.73 Å². The van der Waals surface area contributed by atoms with Crippen molar-refractivity contribution >= 4 is 18.5 Å². The molecule has 0 bridgehead atoms. The molecule has 0 radical (unpaired) electrons. The SMILES string of the molecule is CC(C)(S)[C@@H](NCO)C(N)=O. The molecule has 1 amide bonds. The molecule has 0 fully saturated rings. The standard InChI is InChI=1S/C6H14N2O2S/c1-6(2,11)4(5(7)10)8-3-9/h4,8-9,11H,3H2,1-2H3,(H2,7,10)/t4-/m0/s1. The summed E-state index contributed by atoms with van der Waals surface area (Å²) in [5.41, 5.74) is 5.05. The molecular formula is C6H14N2O2S. The number of aliphatic hydroxyl groups is 1. The molecule has 0 aromatic heterocycles. The number of nitrogens with two attached hydrogens (primary N) is 1. The monoisotopic (exact) mass is 178 g/mol.